The van der Waals surface area contributed by atoms with E-state index in [0.717, 1.165) is 64.1 Å². The summed E-state index contributed by atoms with van der Waals surface area (Å²) in [6.07, 6.45) is 8.73. The van der Waals surface area contributed by atoms with E-state index in [4.69, 9.17) is 14.1 Å². The Morgan fingerprint density at radius 1 is 1.22 bits per heavy atom. The lowest BCUT2D eigenvalue weighted by Crippen LogP contribution is -2.56. The Labute approximate surface area is 207 Å². The Morgan fingerprint density at radius 2 is 2.03 bits per heavy atom. The molecule has 0 spiro atoms. The number of aromatic nitrogens is 3. The molecule has 0 amide bonds. The third kappa shape index (κ3) is 6.44. The van der Waals surface area contributed by atoms with Gasteiger partial charge in [0.2, 0.25) is 5.82 Å². The monoisotopic (exact) mass is 557 g/mol. The normalized spacial score (nSPS) is 19.3. The van der Waals surface area contributed by atoms with Gasteiger partial charge in [-0.2, -0.15) is 5.10 Å². The van der Waals surface area contributed by atoms with Crippen LogP contribution in [-0.4, -0.2) is 77.5 Å². The third-order valence-corrected chi connectivity index (χ3v) is 6.27. The van der Waals surface area contributed by atoms with Gasteiger partial charge in [0.1, 0.15) is 5.82 Å². The highest BCUT2D eigenvalue weighted by atomic mass is 127. The predicted molar refractivity (Wildman–Crippen MR) is 135 cm³/mol. The van der Waals surface area contributed by atoms with Crippen LogP contribution in [0.25, 0.3) is 11.6 Å². The van der Waals surface area contributed by atoms with Crippen molar-refractivity contribution in [1.29, 1.82) is 0 Å². The lowest BCUT2D eigenvalue weighted by atomic mass is 9.80. The van der Waals surface area contributed by atoms with Gasteiger partial charge in [-0.3, -0.25) is 15.0 Å². The van der Waals surface area contributed by atoms with Gasteiger partial charge >= 0.3 is 0 Å². The molecule has 2 aromatic heterocycles. The molecular weight excluding hydrogens is 521 g/mol. The number of aliphatic imine (C=N–C) groups is 1. The number of morpholine rings is 1. The molecule has 0 unspecified atom stereocenters. The lowest BCUT2D eigenvalue weighted by Gasteiger charge is -2.47. The van der Waals surface area contributed by atoms with Gasteiger partial charge in [-0.1, -0.05) is 19.3 Å². The van der Waals surface area contributed by atoms with Crippen LogP contribution in [0, 0.1) is 0 Å². The average molecular weight is 557 g/mol. The Bertz CT molecular complexity index is 812. The SMILES string of the molecule is CCNC(=NCC1(N2CCOCC2)CCCCC1)NCCc1nc(-c2ccco2)n[nH]1.I. The zero-order valence-corrected chi connectivity index (χ0v) is 21.3. The van der Waals surface area contributed by atoms with Crippen molar-refractivity contribution in [2.45, 2.75) is 51.0 Å². The van der Waals surface area contributed by atoms with Crippen molar-refractivity contribution in [3.63, 3.8) is 0 Å². The van der Waals surface area contributed by atoms with Crippen molar-refractivity contribution in [2.24, 2.45) is 4.99 Å². The van der Waals surface area contributed by atoms with Crippen LogP contribution in [0.15, 0.2) is 27.8 Å². The van der Waals surface area contributed by atoms with Crippen molar-refractivity contribution < 1.29 is 9.15 Å². The van der Waals surface area contributed by atoms with Crippen molar-refractivity contribution in [3.05, 3.63) is 24.2 Å². The summed E-state index contributed by atoms with van der Waals surface area (Å²) in [5.74, 6) is 2.95. The fourth-order valence-electron chi connectivity index (χ4n) is 4.61. The molecule has 2 aliphatic rings. The molecule has 0 radical (unpaired) electrons. The largest absolute Gasteiger partial charge is 0.461 e. The topological polar surface area (TPSA) is 104 Å². The second-order valence-corrected chi connectivity index (χ2v) is 8.34. The summed E-state index contributed by atoms with van der Waals surface area (Å²) in [5, 5.41) is 14.1. The number of hydrogen-bond donors (Lipinski definition) is 3. The summed E-state index contributed by atoms with van der Waals surface area (Å²) >= 11 is 0. The first-order valence-corrected chi connectivity index (χ1v) is 11.6. The Kier molecular flexibility index (Phi) is 9.79. The maximum absolute atomic E-state index is 5.60. The summed E-state index contributed by atoms with van der Waals surface area (Å²) < 4.78 is 11.0. The van der Waals surface area contributed by atoms with E-state index < -0.39 is 0 Å². The van der Waals surface area contributed by atoms with Crippen LogP contribution < -0.4 is 10.6 Å². The second-order valence-electron chi connectivity index (χ2n) is 8.34. The molecule has 32 heavy (non-hydrogen) atoms. The predicted octanol–water partition coefficient (Wildman–Crippen LogP) is 2.82. The van der Waals surface area contributed by atoms with Crippen LogP contribution in [0.5, 0.6) is 0 Å². The Morgan fingerprint density at radius 3 is 2.75 bits per heavy atom. The molecule has 10 heteroatoms. The van der Waals surface area contributed by atoms with Crippen LogP contribution in [0.4, 0.5) is 0 Å². The van der Waals surface area contributed by atoms with Crippen molar-refractivity contribution in [2.75, 3.05) is 45.9 Å². The highest BCUT2D eigenvalue weighted by Crippen LogP contribution is 2.34. The number of nitrogens with zero attached hydrogens (tertiary/aromatic N) is 4. The summed E-state index contributed by atoms with van der Waals surface area (Å²) in [6.45, 7) is 8.19. The standard InChI is InChI=1S/C22H35N7O2.HI/c1-2-23-21(24-11-8-19-26-20(28-27-19)18-7-6-14-31-18)25-17-22(9-4-3-5-10-22)29-12-15-30-16-13-29;/h6-7,14H,2-5,8-13,15-17H2,1H3,(H2,23,24,25)(H,26,27,28);1H. The fourth-order valence-corrected chi connectivity index (χ4v) is 4.61. The summed E-state index contributed by atoms with van der Waals surface area (Å²) in [4.78, 5) is 12.2. The van der Waals surface area contributed by atoms with Gasteiger partial charge in [0, 0.05) is 38.1 Å². The quantitative estimate of drug-likeness (QED) is 0.261. The molecule has 2 aromatic rings. The minimum absolute atomic E-state index is 0. The van der Waals surface area contributed by atoms with Crippen molar-refractivity contribution >= 4 is 29.9 Å². The van der Waals surface area contributed by atoms with Crippen LogP contribution >= 0.6 is 24.0 Å². The zero-order chi connectivity index (χ0) is 21.4. The summed E-state index contributed by atoms with van der Waals surface area (Å²) in [6, 6.07) is 3.69. The molecule has 0 bridgehead atoms. The Balaban J connectivity index is 0.00000289. The van der Waals surface area contributed by atoms with Crippen molar-refractivity contribution in [3.8, 4) is 11.6 Å². The number of ether oxygens (including phenoxy) is 1. The van der Waals surface area contributed by atoms with E-state index in [1.807, 2.05) is 12.1 Å². The number of hydrogen-bond acceptors (Lipinski definition) is 6. The van der Waals surface area contributed by atoms with E-state index in [0.29, 0.717) is 11.6 Å². The summed E-state index contributed by atoms with van der Waals surface area (Å²) in [5.41, 5.74) is 0.174. The number of nitrogens with one attached hydrogen (secondary N) is 3. The van der Waals surface area contributed by atoms with E-state index in [1.54, 1.807) is 6.26 Å². The van der Waals surface area contributed by atoms with E-state index in [1.165, 1.54) is 32.1 Å². The van der Waals surface area contributed by atoms with E-state index in [2.05, 4.69) is 37.6 Å². The fraction of sp³-hybridized carbons (Fsp3) is 0.682. The molecule has 0 atom stereocenters. The number of guanidine groups is 1. The molecule has 178 valence electrons. The highest BCUT2D eigenvalue weighted by molar-refractivity contribution is 14.0. The number of halogens is 1. The van der Waals surface area contributed by atoms with E-state index >= 15 is 0 Å². The minimum Gasteiger partial charge on any atom is -0.461 e. The second kappa shape index (κ2) is 12.5. The van der Waals surface area contributed by atoms with Crippen LogP contribution in [0.1, 0.15) is 44.9 Å². The van der Waals surface area contributed by atoms with Crippen LogP contribution in [0.2, 0.25) is 0 Å². The molecule has 2 fully saturated rings. The summed E-state index contributed by atoms with van der Waals surface area (Å²) in [7, 11) is 0. The number of furan rings is 1. The van der Waals surface area contributed by atoms with Crippen LogP contribution in [-0.2, 0) is 11.2 Å². The zero-order valence-electron chi connectivity index (χ0n) is 18.9. The molecule has 9 nitrogen and oxygen atoms in total. The molecule has 3 N–H and O–H groups in total. The number of aromatic amines is 1. The van der Waals surface area contributed by atoms with Gasteiger partial charge in [-0.25, -0.2) is 4.98 Å². The van der Waals surface area contributed by atoms with Gasteiger partial charge in [-0.15, -0.1) is 24.0 Å². The first kappa shape index (κ1) is 25.0. The first-order chi connectivity index (χ1) is 15.3. The van der Waals surface area contributed by atoms with Gasteiger partial charge in [-0.05, 0) is 31.9 Å². The minimum atomic E-state index is 0. The maximum atomic E-state index is 5.60. The number of rotatable bonds is 8. The molecule has 4 rings (SSSR count). The maximum Gasteiger partial charge on any atom is 0.216 e. The van der Waals surface area contributed by atoms with Gasteiger partial charge in [0.05, 0.1) is 26.0 Å². The lowest BCUT2D eigenvalue weighted by molar-refractivity contribution is -0.0333. The molecule has 3 heterocycles. The highest BCUT2D eigenvalue weighted by Gasteiger charge is 2.38. The van der Waals surface area contributed by atoms with Gasteiger partial charge in [0.15, 0.2) is 11.7 Å². The average Bonchev–Trinajstić information content (AvgIpc) is 3.51. The van der Waals surface area contributed by atoms with E-state index in [-0.39, 0.29) is 29.5 Å². The first-order valence-electron chi connectivity index (χ1n) is 11.6. The van der Waals surface area contributed by atoms with E-state index in [9.17, 15) is 0 Å². The van der Waals surface area contributed by atoms with Gasteiger partial charge < -0.3 is 19.8 Å². The molecule has 1 saturated carbocycles. The van der Waals surface area contributed by atoms with Gasteiger partial charge in [0.25, 0.3) is 0 Å². The van der Waals surface area contributed by atoms with Crippen molar-refractivity contribution in [1.82, 2.24) is 30.7 Å². The molecule has 1 saturated heterocycles. The molecular formula is C22H36IN7O2. The smallest absolute Gasteiger partial charge is 0.216 e. The molecule has 1 aliphatic carbocycles. The molecule has 1 aliphatic heterocycles. The molecule has 0 aromatic carbocycles. The van der Waals surface area contributed by atoms with Crippen LogP contribution in [0.3, 0.4) is 0 Å². The third-order valence-electron chi connectivity index (χ3n) is 6.27. The Hall–Kier alpha value is -1.66. The number of H-pyrrole nitrogens is 1.